The molecule has 284 valence electrons. The molecule has 2 bridgehead atoms. The number of esters is 1. The van der Waals surface area contributed by atoms with Crippen molar-refractivity contribution in [3.8, 4) is 0 Å². The van der Waals surface area contributed by atoms with Gasteiger partial charge in [0, 0.05) is 39.4 Å². The topological polar surface area (TPSA) is 139 Å². The number of halogens is 2. The predicted molar refractivity (Wildman–Crippen MR) is 214 cm³/mol. The Balaban J connectivity index is 0.000000241. The van der Waals surface area contributed by atoms with Crippen LogP contribution in [0, 0.1) is 34.0 Å². The first-order chi connectivity index (χ1) is 25.1. The predicted octanol–water partition coefficient (Wildman–Crippen LogP) is 9.63. The molecule has 0 amide bonds. The van der Waals surface area contributed by atoms with E-state index in [-0.39, 0.29) is 47.1 Å². The number of thioether (sulfide) groups is 1. The molecule has 8 atom stereocenters. The van der Waals surface area contributed by atoms with E-state index in [1.165, 1.54) is 11.8 Å². The van der Waals surface area contributed by atoms with Crippen LogP contribution in [0.5, 0.6) is 0 Å². The lowest BCUT2D eigenvalue weighted by atomic mass is 9.44. The van der Waals surface area contributed by atoms with Crippen LogP contribution in [0.15, 0.2) is 84.3 Å². The molecule has 0 saturated heterocycles. The number of ether oxygens (including phenoxy) is 1. The van der Waals surface area contributed by atoms with E-state index < -0.39 is 29.0 Å². The summed E-state index contributed by atoms with van der Waals surface area (Å²) in [5.41, 5.74) is 7.09. The quantitative estimate of drug-likeness (QED) is 0.0724. The summed E-state index contributed by atoms with van der Waals surface area (Å²) < 4.78 is 6.27. The second-order valence-electron chi connectivity index (χ2n) is 15.4. The number of carbonyl (C=O) groups excluding carboxylic acids is 2. The Morgan fingerprint density at radius 1 is 1.06 bits per heavy atom. The fraction of sp³-hybridized carbons (Fsp3) is 0.452. The van der Waals surface area contributed by atoms with E-state index in [0.717, 1.165) is 24.2 Å². The minimum absolute atomic E-state index is 0.0329. The number of carboxylic acid groups (broad SMARTS) is 1. The maximum absolute atomic E-state index is 13.4. The molecule has 8 nitrogen and oxygen atoms in total. The van der Waals surface area contributed by atoms with Gasteiger partial charge >= 0.3 is 11.9 Å². The third kappa shape index (κ3) is 8.29. The maximum Gasteiger partial charge on any atom is 0.316 e. The van der Waals surface area contributed by atoms with Gasteiger partial charge in [0.1, 0.15) is 11.9 Å². The van der Waals surface area contributed by atoms with Gasteiger partial charge in [0.2, 0.25) is 0 Å². The van der Waals surface area contributed by atoms with Gasteiger partial charge in [0.05, 0.1) is 34.0 Å². The summed E-state index contributed by atoms with van der Waals surface area (Å²) in [4.78, 5) is 38.3. The van der Waals surface area contributed by atoms with Gasteiger partial charge in [-0.1, -0.05) is 87.3 Å². The molecule has 3 aromatic rings. The summed E-state index contributed by atoms with van der Waals surface area (Å²) in [5, 5.41) is 24.5. The standard InChI is InChI=1S/C28H39NO4S.C14H11Cl2NO2/c1-6-26(4)15-22(33-23(31)16-34-20-9-7-8-19(29)14-20)27(5)17(2)10-12-28(18(3)25(26)32)13-11-21(30)24(27)28;15-10-5-3-6-11(16)14(10)17-12-7-2-1-4-9(12)8-13(18)19/h6-9,14,17-18,22,24-25,32H,1,10-13,15-16,29H2,2-5H3;1-7,17H,8H2,(H,18,19)/t17-,18+,22-,24+,25+,26-,27+,28+;/m1./s1. The zero-order valence-corrected chi connectivity index (χ0v) is 33.1. The number of aliphatic hydroxyl groups excluding tert-OH is 1. The van der Waals surface area contributed by atoms with Crippen LogP contribution in [0.3, 0.4) is 0 Å². The molecule has 0 spiro atoms. The number of rotatable bonds is 9. The average molecular weight is 782 g/mol. The number of benzene rings is 3. The van der Waals surface area contributed by atoms with Crippen LogP contribution in [0.25, 0.3) is 0 Å². The van der Waals surface area contributed by atoms with Crippen LogP contribution >= 0.6 is 35.0 Å². The Hall–Kier alpha value is -3.50. The van der Waals surface area contributed by atoms with Crippen molar-refractivity contribution >= 4 is 69.7 Å². The number of carboxylic acids is 1. The molecule has 3 fully saturated rings. The highest BCUT2D eigenvalue weighted by atomic mass is 35.5. The Morgan fingerprint density at radius 2 is 1.74 bits per heavy atom. The minimum Gasteiger partial charge on any atom is -0.481 e. The van der Waals surface area contributed by atoms with Crippen LogP contribution in [0.1, 0.15) is 65.4 Å². The monoisotopic (exact) mass is 780 g/mol. The Kier molecular flexibility index (Phi) is 12.6. The number of ketones is 1. The first-order valence-electron chi connectivity index (χ1n) is 18.1. The highest BCUT2D eigenvalue weighted by molar-refractivity contribution is 8.00. The summed E-state index contributed by atoms with van der Waals surface area (Å²) in [7, 11) is 0. The Bertz CT molecular complexity index is 1840. The van der Waals surface area contributed by atoms with Crippen LogP contribution in [-0.2, 0) is 25.5 Å². The Morgan fingerprint density at radius 3 is 2.40 bits per heavy atom. The van der Waals surface area contributed by atoms with Crippen LogP contribution in [0.2, 0.25) is 10.0 Å². The molecule has 3 aromatic carbocycles. The fourth-order valence-electron chi connectivity index (χ4n) is 9.15. The van der Waals surface area contributed by atoms with E-state index in [1.54, 1.807) is 36.4 Å². The van der Waals surface area contributed by atoms with Gasteiger partial charge < -0.3 is 26.0 Å². The number of para-hydroxylation sites is 2. The van der Waals surface area contributed by atoms with Crippen molar-refractivity contribution in [1.82, 2.24) is 0 Å². The molecule has 0 heterocycles. The molecule has 3 aliphatic carbocycles. The summed E-state index contributed by atoms with van der Waals surface area (Å²) in [6.07, 6.45) is 4.33. The first-order valence-corrected chi connectivity index (χ1v) is 19.8. The number of aliphatic carboxylic acids is 1. The number of hydrogen-bond donors (Lipinski definition) is 4. The zero-order chi connectivity index (χ0) is 38.7. The third-order valence-electron chi connectivity index (χ3n) is 12.4. The third-order valence-corrected chi connectivity index (χ3v) is 14.0. The van der Waals surface area contributed by atoms with Gasteiger partial charge in [0.15, 0.2) is 0 Å². The molecule has 0 aliphatic heterocycles. The van der Waals surface area contributed by atoms with Crippen molar-refractivity contribution in [2.45, 2.75) is 83.3 Å². The van der Waals surface area contributed by atoms with E-state index in [1.807, 2.05) is 43.3 Å². The van der Waals surface area contributed by atoms with Crippen molar-refractivity contribution in [3.05, 3.63) is 95.0 Å². The van der Waals surface area contributed by atoms with Crippen molar-refractivity contribution in [2.75, 3.05) is 16.8 Å². The van der Waals surface area contributed by atoms with Crippen molar-refractivity contribution in [3.63, 3.8) is 0 Å². The normalized spacial score (nSPS) is 30.5. The van der Waals surface area contributed by atoms with E-state index in [9.17, 15) is 19.5 Å². The SMILES string of the molecule is C=C[C@]1(C)C[C@@H](OC(=O)CSc2cccc(N)c2)[C@]2(C)[C@H](C)CC[C@]3(CCC(=O)[C@H]32)[C@@H](C)[C@@H]1O.O=C(O)Cc1ccccc1Nc1c(Cl)cccc1Cl. The largest absolute Gasteiger partial charge is 0.481 e. The molecule has 3 saturated carbocycles. The first kappa shape index (κ1) is 40.7. The zero-order valence-electron chi connectivity index (χ0n) is 30.7. The number of nitrogens with two attached hydrogens (primary N) is 1. The smallest absolute Gasteiger partial charge is 0.316 e. The number of nitrogens with one attached hydrogen (secondary N) is 1. The number of carbonyl (C=O) groups is 3. The van der Waals surface area contributed by atoms with Gasteiger partial charge in [-0.15, -0.1) is 18.3 Å². The molecule has 0 aromatic heterocycles. The summed E-state index contributed by atoms with van der Waals surface area (Å²) in [6, 6.07) is 19.8. The maximum atomic E-state index is 13.4. The van der Waals surface area contributed by atoms with E-state index >= 15 is 0 Å². The van der Waals surface area contributed by atoms with Gasteiger partial charge in [-0.2, -0.15) is 0 Å². The molecule has 3 aliphatic rings. The van der Waals surface area contributed by atoms with Gasteiger partial charge in [-0.3, -0.25) is 14.4 Å². The molecular formula is C42H50Cl2N2O6S. The van der Waals surface area contributed by atoms with Crippen molar-refractivity contribution in [2.24, 2.45) is 34.0 Å². The summed E-state index contributed by atoms with van der Waals surface area (Å²) in [6.45, 7) is 12.6. The number of anilines is 3. The number of nitrogen functional groups attached to an aromatic ring is 1. The summed E-state index contributed by atoms with van der Waals surface area (Å²) in [5.74, 6) is -0.773. The number of aliphatic hydroxyl groups is 1. The van der Waals surface area contributed by atoms with Crippen LogP contribution < -0.4 is 11.1 Å². The number of Topliss-reactive ketones (excluding diaryl/α,β-unsaturated/α-hetero) is 1. The fourth-order valence-corrected chi connectivity index (χ4v) is 10.4. The average Bonchev–Trinajstić information content (AvgIpc) is 3.48. The molecule has 5 N–H and O–H groups in total. The van der Waals surface area contributed by atoms with Gasteiger partial charge in [-0.05, 0) is 84.9 Å². The van der Waals surface area contributed by atoms with E-state index in [4.69, 9.17) is 38.8 Å². The number of hydrogen-bond acceptors (Lipinski definition) is 8. The van der Waals surface area contributed by atoms with Gasteiger partial charge in [0.25, 0.3) is 0 Å². The van der Waals surface area contributed by atoms with Crippen LogP contribution in [0.4, 0.5) is 17.1 Å². The molecule has 53 heavy (non-hydrogen) atoms. The van der Waals surface area contributed by atoms with Gasteiger partial charge in [-0.25, -0.2) is 0 Å². The van der Waals surface area contributed by atoms with Crippen LogP contribution in [-0.4, -0.2) is 45.9 Å². The molecule has 6 rings (SSSR count). The second-order valence-corrected chi connectivity index (χ2v) is 17.2. The lowest BCUT2D eigenvalue weighted by molar-refractivity contribution is -0.205. The summed E-state index contributed by atoms with van der Waals surface area (Å²) >= 11 is 13.5. The minimum atomic E-state index is -0.889. The molecule has 0 radical (unpaired) electrons. The van der Waals surface area contributed by atoms with E-state index in [2.05, 4.69) is 32.7 Å². The van der Waals surface area contributed by atoms with Crippen molar-refractivity contribution in [1.29, 1.82) is 0 Å². The lowest BCUT2D eigenvalue weighted by Crippen LogP contribution is -2.63. The van der Waals surface area contributed by atoms with E-state index in [0.29, 0.717) is 45.5 Å². The lowest BCUT2D eigenvalue weighted by Gasteiger charge is -2.61. The van der Waals surface area contributed by atoms with Crippen molar-refractivity contribution < 1.29 is 29.3 Å². The molecular weight excluding hydrogens is 731 g/mol. The highest BCUT2D eigenvalue weighted by Gasteiger charge is 2.68. The molecule has 11 heteroatoms. The highest BCUT2D eigenvalue weighted by Crippen LogP contribution is 2.68. The second kappa shape index (κ2) is 16.5. The Labute approximate surface area is 326 Å². The molecule has 0 unspecified atom stereocenters.